The van der Waals surface area contributed by atoms with E-state index in [1.807, 2.05) is 0 Å². The number of piperidine rings is 1. The molecule has 1 unspecified atom stereocenters. The van der Waals surface area contributed by atoms with Crippen LogP contribution in [0.15, 0.2) is 0 Å². The Balaban J connectivity index is 2.04. The molecule has 2 N–H and O–H groups in total. The Hall–Kier alpha value is -0.160. The molecule has 0 amide bonds. The summed E-state index contributed by atoms with van der Waals surface area (Å²) in [5.41, 5.74) is 0. The minimum absolute atomic E-state index is 0.120. The van der Waals surface area contributed by atoms with Crippen molar-refractivity contribution in [3.8, 4) is 0 Å². The zero-order chi connectivity index (χ0) is 10.2. The lowest BCUT2D eigenvalue weighted by Gasteiger charge is -2.31. The second-order valence-electron chi connectivity index (χ2n) is 3.82. The van der Waals surface area contributed by atoms with Crippen molar-refractivity contribution >= 4 is 0 Å². The second-order valence-corrected chi connectivity index (χ2v) is 3.82. The second kappa shape index (κ2) is 7.17. The van der Waals surface area contributed by atoms with Crippen molar-refractivity contribution in [2.75, 3.05) is 46.5 Å². The summed E-state index contributed by atoms with van der Waals surface area (Å²) in [6.07, 6.45) is 2.55. The largest absolute Gasteiger partial charge is 0.394 e. The van der Waals surface area contributed by atoms with Crippen molar-refractivity contribution in [1.82, 2.24) is 10.2 Å². The van der Waals surface area contributed by atoms with E-state index in [9.17, 15) is 0 Å². The molecule has 0 bridgehead atoms. The Morgan fingerprint density at radius 3 is 3.00 bits per heavy atom. The van der Waals surface area contributed by atoms with E-state index in [1.165, 1.54) is 12.8 Å². The molecule has 1 rings (SSSR count). The lowest BCUT2D eigenvalue weighted by molar-refractivity contribution is 0.0673. The van der Waals surface area contributed by atoms with Crippen molar-refractivity contribution < 1.29 is 9.84 Å². The molecule has 0 radical (unpaired) electrons. The van der Waals surface area contributed by atoms with Crippen molar-refractivity contribution in [2.24, 2.45) is 0 Å². The van der Waals surface area contributed by atoms with Gasteiger partial charge in [0, 0.05) is 19.1 Å². The molecule has 1 aliphatic rings. The molecule has 1 heterocycles. The first-order chi connectivity index (χ1) is 6.84. The van der Waals surface area contributed by atoms with Crippen LogP contribution in [0.3, 0.4) is 0 Å². The molecule has 0 aromatic heterocycles. The first kappa shape index (κ1) is 11.9. The molecule has 1 atom stereocenters. The molecule has 0 aromatic carbocycles. The molecule has 1 fully saturated rings. The molecule has 0 spiro atoms. The summed E-state index contributed by atoms with van der Waals surface area (Å²) in [5, 5.41) is 11.9. The van der Waals surface area contributed by atoms with Crippen molar-refractivity contribution in [3.05, 3.63) is 0 Å². The topological polar surface area (TPSA) is 44.7 Å². The lowest BCUT2D eigenvalue weighted by atomic mass is 10.1. The van der Waals surface area contributed by atoms with Gasteiger partial charge in [-0.05, 0) is 26.4 Å². The molecule has 14 heavy (non-hydrogen) atoms. The maximum absolute atomic E-state index is 8.53. The lowest BCUT2D eigenvalue weighted by Crippen LogP contribution is -2.45. The molecule has 0 aliphatic carbocycles. The summed E-state index contributed by atoms with van der Waals surface area (Å²) in [5.74, 6) is 0. The van der Waals surface area contributed by atoms with Crippen LogP contribution >= 0.6 is 0 Å². The molecule has 0 saturated carbocycles. The van der Waals surface area contributed by atoms with Gasteiger partial charge in [-0.15, -0.1) is 0 Å². The van der Waals surface area contributed by atoms with E-state index in [4.69, 9.17) is 9.84 Å². The van der Waals surface area contributed by atoms with Crippen LogP contribution in [0.1, 0.15) is 12.8 Å². The maximum atomic E-state index is 8.53. The van der Waals surface area contributed by atoms with Gasteiger partial charge in [0.05, 0.1) is 19.8 Å². The Labute approximate surface area is 86.2 Å². The maximum Gasteiger partial charge on any atom is 0.0698 e. The van der Waals surface area contributed by atoms with E-state index < -0.39 is 0 Å². The third-order valence-electron chi connectivity index (χ3n) is 2.72. The van der Waals surface area contributed by atoms with E-state index in [0.717, 1.165) is 19.6 Å². The number of aliphatic hydroxyl groups excluding tert-OH is 1. The number of hydrogen-bond donors (Lipinski definition) is 2. The predicted octanol–water partition coefficient (Wildman–Crippen LogP) is -0.321. The Bertz CT molecular complexity index is 138. The van der Waals surface area contributed by atoms with Gasteiger partial charge in [0.25, 0.3) is 0 Å². The van der Waals surface area contributed by atoms with Gasteiger partial charge in [-0.3, -0.25) is 4.90 Å². The number of aliphatic hydroxyl groups is 1. The van der Waals surface area contributed by atoms with Crippen LogP contribution in [0.5, 0.6) is 0 Å². The smallest absolute Gasteiger partial charge is 0.0698 e. The number of hydrogen-bond acceptors (Lipinski definition) is 4. The molecular weight excluding hydrogens is 180 g/mol. The first-order valence-electron chi connectivity index (χ1n) is 5.44. The van der Waals surface area contributed by atoms with Crippen molar-refractivity contribution in [3.63, 3.8) is 0 Å². The number of likely N-dealkylation sites (N-methyl/N-ethyl adjacent to an activating group) is 1. The molecule has 4 heteroatoms. The fourth-order valence-corrected chi connectivity index (χ4v) is 1.77. The van der Waals surface area contributed by atoms with Crippen LogP contribution in [-0.2, 0) is 4.74 Å². The standard InChI is InChI=1S/C10H22N2O2/c1-12(5-7-14-8-6-13)10-3-2-4-11-9-10/h10-11,13H,2-9H2,1H3. The van der Waals surface area contributed by atoms with Crippen LogP contribution < -0.4 is 5.32 Å². The van der Waals surface area contributed by atoms with Gasteiger partial charge < -0.3 is 15.2 Å². The first-order valence-corrected chi connectivity index (χ1v) is 5.44. The van der Waals surface area contributed by atoms with Gasteiger partial charge in [0.2, 0.25) is 0 Å². The van der Waals surface area contributed by atoms with E-state index in [2.05, 4.69) is 17.3 Å². The van der Waals surface area contributed by atoms with E-state index in [1.54, 1.807) is 0 Å². The zero-order valence-electron chi connectivity index (χ0n) is 9.04. The number of ether oxygens (including phenoxy) is 1. The van der Waals surface area contributed by atoms with Crippen LogP contribution in [0.25, 0.3) is 0 Å². The molecule has 1 aliphatic heterocycles. The highest BCUT2D eigenvalue weighted by molar-refractivity contribution is 4.76. The summed E-state index contributed by atoms with van der Waals surface area (Å²) in [6, 6.07) is 0.654. The summed E-state index contributed by atoms with van der Waals surface area (Å²) < 4.78 is 5.23. The van der Waals surface area contributed by atoms with E-state index >= 15 is 0 Å². The molecule has 0 aromatic rings. The van der Waals surface area contributed by atoms with Gasteiger partial charge >= 0.3 is 0 Å². The Morgan fingerprint density at radius 1 is 1.50 bits per heavy atom. The van der Waals surface area contributed by atoms with Crippen molar-refractivity contribution in [1.29, 1.82) is 0 Å². The SMILES string of the molecule is CN(CCOCCO)C1CCCNC1. The number of rotatable bonds is 6. The fourth-order valence-electron chi connectivity index (χ4n) is 1.77. The molecule has 1 saturated heterocycles. The van der Waals surface area contributed by atoms with Crippen LogP contribution in [0, 0.1) is 0 Å². The van der Waals surface area contributed by atoms with Gasteiger partial charge in [-0.1, -0.05) is 0 Å². The summed E-state index contributed by atoms with van der Waals surface area (Å²) in [7, 11) is 2.14. The summed E-state index contributed by atoms with van der Waals surface area (Å²) >= 11 is 0. The average Bonchev–Trinajstić information content (AvgIpc) is 2.25. The van der Waals surface area contributed by atoms with Crippen LogP contribution in [0.2, 0.25) is 0 Å². The quantitative estimate of drug-likeness (QED) is 0.579. The minimum atomic E-state index is 0.120. The van der Waals surface area contributed by atoms with Crippen molar-refractivity contribution in [2.45, 2.75) is 18.9 Å². The van der Waals surface area contributed by atoms with E-state index in [-0.39, 0.29) is 6.61 Å². The van der Waals surface area contributed by atoms with E-state index in [0.29, 0.717) is 19.3 Å². The van der Waals surface area contributed by atoms with Crippen LogP contribution in [-0.4, -0.2) is 62.6 Å². The molecule has 84 valence electrons. The van der Waals surface area contributed by atoms with Crippen LogP contribution in [0.4, 0.5) is 0 Å². The van der Waals surface area contributed by atoms with Gasteiger partial charge in [0.1, 0.15) is 0 Å². The Morgan fingerprint density at radius 2 is 2.36 bits per heavy atom. The summed E-state index contributed by atoms with van der Waals surface area (Å²) in [4.78, 5) is 2.34. The van der Waals surface area contributed by atoms with Gasteiger partial charge in [-0.2, -0.15) is 0 Å². The normalized spacial score (nSPS) is 22.9. The summed E-state index contributed by atoms with van der Waals surface area (Å²) in [6.45, 7) is 4.49. The minimum Gasteiger partial charge on any atom is -0.394 e. The highest BCUT2D eigenvalue weighted by atomic mass is 16.5. The Kier molecular flexibility index (Phi) is 6.10. The monoisotopic (exact) mass is 202 g/mol. The average molecular weight is 202 g/mol. The third kappa shape index (κ3) is 4.37. The zero-order valence-corrected chi connectivity index (χ0v) is 9.04. The highest BCUT2D eigenvalue weighted by Crippen LogP contribution is 2.07. The van der Waals surface area contributed by atoms with Gasteiger partial charge in [0.15, 0.2) is 0 Å². The number of nitrogens with one attached hydrogen (secondary N) is 1. The highest BCUT2D eigenvalue weighted by Gasteiger charge is 2.16. The third-order valence-corrected chi connectivity index (χ3v) is 2.72. The molecule has 4 nitrogen and oxygen atoms in total. The fraction of sp³-hybridized carbons (Fsp3) is 1.00. The predicted molar refractivity (Wildman–Crippen MR) is 56.4 cm³/mol. The number of nitrogens with zero attached hydrogens (tertiary/aromatic N) is 1. The van der Waals surface area contributed by atoms with Gasteiger partial charge in [-0.25, -0.2) is 0 Å². The molecular formula is C10H22N2O2.